The zero-order chi connectivity index (χ0) is 18.8. The quantitative estimate of drug-likeness (QED) is 0.536. The van der Waals surface area contributed by atoms with Crippen molar-refractivity contribution in [2.75, 3.05) is 12.4 Å². The highest BCUT2D eigenvalue weighted by Crippen LogP contribution is 2.25. The van der Waals surface area contributed by atoms with Crippen LogP contribution in [0.15, 0.2) is 61.4 Å². The van der Waals surface area contributed by atoms with Crippen LogP contribution in [0.5, 0.6) is 5.75 Å². The molecule has 0 amide bonds. The number of fused-ring (bicyclic) bond motifs is 1. The monoisotopic (exact) mass is 357 g/mol. The second kappa shape index (κ2) is 6.92. The van der Waals surface area contributed by atoms with Crippen molar-refractivity contribution < 1.29 is 4.74 Å². The Morgan fingerprint density at radius 2 is 1.89 bits per heavy atom. The molecule has 6 heteroatoms. The van der Waals surface area contributed by atoms with E-state index in [1.165, 1.54) is 0 Å². The van der Waals surface area contributed by atoms with Crippen molar-refractivity contribution in [1.82, 2.24) is 19.9 Å². The van der Waals surface area contributed by atoms with Crippen molar-refractivity contribution in [3.63, 3.8) is 0 Å². The van der Waals surface area contributed by atoms with Crippen LogP contribution in [0.3, 0.4) is 0 Å². The lowest BCUT2D eigenvalue weighted by molar-refractivity contribution is 0.414. The van der Waals surface area contributed by atoms with Gasteiger partial charge >= 0.3 is 0 Å². The second-order valence-corrected chi connectivity index (χ2v) is 6.24. The van der Waals surface area contributed by atoms with Crippen LogP contribution in [0.1, 0.15) is 12.6 Å². The number of H-pyrrole nitrogens is 1. The van der Waals surface area contributed by atoms with Gasteiger partial charge in [0.1, 0.15) is 5.75 Å². The highest BCUT2D eigenvalue weighted by Gasteiger charge is 2.07. The number of nitrogens with zero attached hydrogens (tertiary/aromatic N) is 3. The summed E-state index contributed by atoms with van der Waals surface area (Å²) in [6.07, 6.45) is 3.40. The van der Waals surface area contributed by atoms with E-state index in [4.69, 9.17) is 4.74 Å². The Bertz CT molecular complexity index is 1130. The fourth-order valence-corrected chi connectivity index (χ4v) is 2.81. The lowest BCUT2D eigenvalue weighted by Gasteiger charge is -2.07. The average molecular weight is 357 g/mol. The number of anilines is 2. The summed E-state index contributed by atoms with van der Waals surface area (Å²) in [6, 6.07) is 13.6. The zero-order valence-electron chi connectivity index (χ0n) is 15.2. The highest BCUT2D eigenvalue weighted by atomic mass is 16.5. The molecule has 0 aliphatic heterocycles. The molecule has 2 N–H and O–H groups in total. The molecule has 0 aliphatic rings. The third-order valence-electron chi connectivity index (χ3n) is 4.22. The summed E-state index contributed by atoms with van der Waals surface area (Å²) >= 11 is 0. The second-order valence-electron chi connectivity index (χ2n) is 6.24. The molecule has 4 aromatic rings. The third kappa shape index (κ3) is 3.50. The molecule has 1 aromatic carbocycles. The molecular formula is C21H19N5O. The molecule has 0 radical (unpaired) electrons. The van der Waals surface area contributed by atoms with E-state index in [2.05, 4.69) is 44.0 Å². The number of aromatic nitrogens is 4. The van der Waals surface area contributed by atoms with Crippen LogP contribution in [0.2, 0.25) is 0 Å². The molecule has 6 nitrogen and oxygen atoms in total. The summed E-state index contributed by atoms with van der Waals surface area (Å²) in [6.45, 7) is 5.96. The Labute approximate surface area is 157 Å². The maximum absolute atomic E-state index is 5.25. The van der Waals surface area contributed by atoms with Crippen LogP contribution in [0.25, 0.3) is 27.9 Å². The van der Waals surface area contributed by atoms with Crippen molar-refractivity contribution in [2.24, 2.45) is 0 Å². The number of hydrogen-bond donors (Lipinski definition) is 2. The number of benzene rings is 1. The van der Waals surface area contributed by atoms with Gasteiger partial charge in [-0.15, -0.1) is 0 Å². The van der Waals surface area contributed by atoms with Gasteiger partial charge in [0.2, 0.25) is 5.95 Å². The fraction of sp³-hybridized carbons (Fsp3) is 0.0952. The van der Waals surface area contributed by atoms with Gasteiger partial charge in [0.25, 0.3) is 0 Å². The SMILES string of the molecule is C=C(C)c1cc2cc(Nc3nccc(-c4cc(OC)ccn4)n3)ccc2[nH]1. The smallest absolute Gasteiger partial charge is 0.227 e. The molecule has 27 heavy (non-hydrogen) atoms. The van der Waals surface area contributed by atoms with Gasteiger partial charge in [0.15, 0.2) is 0 Å². The predicted octanol–water partition coefficient (Wildman–Crippen LogP) is 4.81. The molecule has 3 aromatic heterocycles. The molecule has 0 fully saturated rings. The molecule has 134 valence electrons. The summed E-state index contributed by atoms with van der Waals surface area (Å²) in [5.74, 6) is 1.24. The van der Waals surface area contributed by atoms with Gasteiger partial charge in [-0.1, -0.05) is 6.58 Å². The van der Waals surface area contributed by atoms with Gasteiger partial charge in [-0.25, -0.2) is 9.97 Å². The number of methoxy groups -OCH3 is 1. The normalized spacial score (nSPS) is 10.7. The van der Waals surface area contributed by atoms with Crippen LogP contribution in [0.4, 0.5) is 11.6 Å². The first-order valence-corrected chi connectivity index (χ1v) is 8.51. The molecule has 0 atom stereocenters. The van der Waals surface area contributed by atoms with E-state index in [0.29, 0.717) is 5.95 Å². The van der Waals surface area contributed by atoms with E-state index in [0.717, 1.165) is 45.0 Å². The molecule has 0 saturated carbocycles. The fourth-order valence-electron chi connectivity index (χ4n) is 2.81. The molecule has 4 rings (SSSR count). The van der Waals surface area contributed by atoms with E-state index in [-0.39, 0.29) is 0 Å². The summed E-state index contributed by atoms with van der Waals surface area (Å²) < 4.78 is 5.25. The van der Waals surface area contributed by atoms with Crippen molar-refractivity contribution >= 4 is 28.1 Å². The van der Waals surface area contributed by atoms with E-state index in [1.807, 2.05) is 31.2 Å². The summed E-state index contributed by atoms with van der Waals surface area (Å²) in [5, 5.41) is 4.36. The number of hydrogen-bond acceptors (Lipinski definition) is 5. The number of rotatable bonds is 5. The van der Waals surface area contributed by atoms with Crippen molar-refractivity contribution in [2.45, 2.75) is 6.92 Å². The minimum Gasteiger partial charge on any atom is -0.497 e. The Kier molecular flexibility index (Phi) is 4.30. The lowest BCUT2D eigenvalue weighted by atomic mass is 10.2. The Balaban J connectivity index is 1.62. The number of ether oxygens (including phenoxy) is 1. The van der Waals surface area contributed by atoms with Gasteiger partial charge in [0, 0.05) is 40.7 Å². The number of nitrogens with one attached hydrogen (secondary N) is 2. The van der Waals surface area contributed by atoms with Crippen molar-refractivity contribution in [1.29, 1.82) is 0 Å². The number of aromatic amines is 1. The van der Waals surface area contributed by atoms with Gasteiger partial charge in [-0.2, -0.15) is 0 Å². The molecule has 0 unspecified atom stereocenters. The summed E-state index contributed by atoms with van der Waals surface area (Å²) in [5.41, 5.74) is 5.46. The van der Waals surface area contributed by atoms with Gasteiger partial charge in [-0.05, 0) is 48.9 Å². The maximum Gasteiger partial charge on any atom is 0.227 e. The molecule has 0 aliphatic carbocycles. The maximum atomic E-state index is 5.25. The number of pyridine rings is 1. The lowest BCUT2D eigenvalue weighted by Crippen LogP contribution is -1.98. The number of allylic oxidation sites excluding steroid dienone is 1. The standard InChI is InChI=1S/C21H19N5O/c1-13(2)19-11-14-10-15(4-5-17(14)25-19)24-21-23-9-7-18(26-21)20-12-16(27-3)6-8-22-20/h4-12,25H,1H2,2-3H3,(H,23,24,26). The topological polar surface area (TPSA) is 75.7 Å². The molecular weight excluding hydrogens is 338 g/mol. The van der Waals surface area contributed by atoms with Crippen LogP contribution in [0, 0.1) is 0 Å². The zero-order valence-corrected chi connectivity index (χ0v) is 15.2. The van der Waals surface area contributed by atoms with Gasteiger partial charge in [0.05, 0.1) is 18.5 Å². The van der Waals surface area contributed by atoms with E-state index >= 15 is 0 Å². The van der Waals surface area contributed by atoms with E-state index in [1.54, 1.807) is 25.6 Å². The van der Waals surface area contributed by atoms with Crippen LogP contribution in [-0.2, 0) is 0 Å². The first-order chi connectivity index (χ1) is 13.1. The van der Waals surface area contributed by atoms with E-state index in [9.17, 15) is 0 Å². The molecule has 0 bridgehead atoms. The summed E-state index contributed by atoms with van der Waals surface area (Å²) in [4.78, 5) is 16.6. The third-order valence-corrected chi connectivity index (χ3v) is 4.22. The first kappa shape index (κ1) is 16.8. The van der Waals surface area contributed by atoms with Crippen LogP contribution >= 0.6 is 0 Å². The summed E-state index contributed by atoms with van der Waals surface area (Å²) in [7, 11) is 1.63. The van der Waals surface area contributed by atoms with Crippen molar-refractivity contribution in [3.05, 3.63) is 67.1 Å². The predicted molar refractivity (Wildman–Crippen MR) is 108 cm³/mol. The molecule has 0 spiro atoms. The Morgan fingerprint density at radius 1 is 1.04 bits per heavy atom. The Hall–Kier alpha value is -3.67. The van der Waals surface area contributed by atoms with E-state index < -0.39 is 0 Å². The van der Waals surface area contributed by atoms with Crippen LogP contribution in [-0.4, -0.2) is 27.0 Å². The minimum absolute atomic E-state index is 0.507. The first-order valence-electron chi connectivity index (χ1n) is 8.51. The Morgan fingerprint density at radius 3 is 2.70 bits per heavy atom. The average Bonchev–Trinajstić information content (AvgIpc) is 3.12. The largest absolute Gasteiger partial charge is 0.497 e. The van der Waals surface area contributed by atoms with Crippen LogP contribution < -0.4 is 10.1 Å². The van der Waals surface area contributed by atoms with Gasteiger partial charge < -0.3 is 15.0 Å². The minimum atomic E-state index is 0.507. The molecule has 0 saturated heterocycles. The van der Waals surface area contributed by atoms with Gasteiger partial charge in [-0.3, -0.25) is 4.98 Å². The van der Waals surface area contributed by atoms with Crippen molar-refractivity contribution in [3.8, 4) is 17.1 Å². The highest BCUT2D eigenvalue weighted by molar-refractivity contribution is 5.87. The molecule has 3 heterocycles.